The van der Waals surface area contributed by atoms with Crippen molar-refractivity contribution in [2.75, 3.05) is 23.0 Å². The molecule has 0 aliphatic rings. The third-order valence-corrected chi connectivity index (χ3v) is 7.98. The maximum absolute atomic E-state index is 12.2. The van der Waals surface area contributed by atoms with E-state index in [1.165, 1.54) is 0 Å². The number of rotatable bonds is 14. The van der Waals surface area contributed by atoms with Gasteiger partial charge in [-0.1, -0.05) is 0 Å². The summed E-state index contributed by atoms with van der Waals surface area (Å²) in [5.74, 6) is 2.51. The van der Waals surface area contributed by atoms with Crippen LogP contribution in [0.15, 0.2) is 12.7 Å². The molecule has 2 rings (SSSR count). The van der Waals surface area contributed by atoms with Gasteiger partial charge in [-0.2, -0.15) is 0 Å². The molecule has 0 spiro atoms. The molecule has 0 N–H and O–H groups in total. The van der Waals surface area contributed by atoms with E-state index in [4.69, 9.17) is 0 Å². The van der Waals surface area contributed by atoms with Gasteiger partial charge in [-0.05, 0) is 80.7 Å². The molecule has 29 heavy (non-hydrogen) atoms. The van der Waals surface area contributed by atoms with Gasteiger partial charge in [0.05, 0.1) is 11.1 Å². The first-order valence-electron chi connectivity index (χ1n) is 9.88. The van der Waals surface area contributed by atoms with Crippen LogP contribution in [0.5, 0.6) is 0 Å². The molecular weight excluding hydrogens is 412 g/mol. The molecule has 2 heterocycles. The second-order valence-corrected chi connectivity index (χ2v) is 11.8. The Labute approximate surface area is 177 Å². The third kappa shape index (κ3) is 8.00. The van der Waals surface area contributed by atoms with Crippen molar-refractivity contribution in [3.05, 3.63) is 12.7 Å². The van der Waals surface area contributed by atoms with Crippen LogP contribution >= 0.6 is 0 Å². The fourth-order valence-electron chi connectivity index (χ4n) is 3.02. The minimum Gasteiger partial charge on any atom is -0.260 e. The van der Waals surface area contributed by atoms with Crippen LogP contribution in [0.2, 0.25) is 0 Å². The molecule has 10 nitrogen and oxygen atoms in total. The first-order chi connectivity index (χ1) is 13.7. The highest BCUT2D eigenvalue weighted by Crippen LogP contribution is 2.20. The van der Waals surface area contributed by atoms with Gasteiger partial charge in [-0.15, -0.1) is 10.2 Å². The maximum Gasteiger partial charge on any atom is 0.138 e. The lowest BCUT2D eigenvalue weighted by molar-refractivity contribution is 0.286. The Morgan fingerprint density at radius 1 is 0.690 bits per heavy atom. The summed E-state index contributed by atoms with van der Waals surface area (Å²) in [5.41, 5.74) is -0.378. The fourth-order valence-corrected chi connectivity index (χ4v) is 5.48. The topological polar surface area (TPSA) is 121 Å². The summed E-state index contributed by atoms with van der Waals surface area (Å²) in [5, 5.41) is 22.6. The highest BCUT2D eigenvalue weighted by Gasteiger charge is 2.22. The highest BCUT2D eigenvalue weighted by atomic mass is 32.2. The average Bonchev–Trinajstić information content (AvgIpc) is 3.35. The Morgan fingerprint density at radius 3 is 1.41 bits per heavy atom. The molecule has 12 heteroatoms. The van der Waals surface area contributed by atoms with Crippen LogP contribution in [-0.4, -0.2) is 71.8 Å². The van der Waals surface area contributed by atoms with Crippen molar-refractivity contribution >= 4 is 21.6 Å². The second-order valence-electron chi connectivity index (χ2n) is 8.39. The summed E-state index contributed by atoms with van der Waals surface area (Å²) in [6.45, 7) is 8.26. The predicted octanol–water partition coefficient (Wildman–Crippen LogP) is 1.28. The van der Waals surface area contributed by atoms with E-state index in [9.17, 15) is 8.42 Å². The SMILES string of the molecule is CC(C)(CCCS(=O)CCCS(=O)CCCC(C)(C)n1cnnn1)n1cnnn1. The van der Waals surface area contributed by atoms with Gasteiger partial charge in [-0.3, -0.25) is 8.42 Å². The summed E-state index contributed by atoms with van der Waals surface area (Å²) in [6, 6.07) is 0. The number of aromatic nitrogens is 8. The van der Waals surface area contributed by atoms with Gasteiger partial charge in [0.2, 0.25) is 0 Å². The molecular formula is C17H32N8O2S2. The normalized spacial score (nSPS) is 14.8. The summed E-state index contributed by atoms with van der Waals surface area (Å²) in [6.07, 6.45) is 7.33. The quantitative estimate of drug-likeness (QED) is 0.427. The average molecular weight is 445 g/mol. The van der Waals surface area contributed by atoms with Crippen molar-refractivity contribution in [3.63, 3.8) is 0 Å². The van der Waals surface area contributed by atoms with Gasteiger partial charge < -0.3 is 0 Å². The molecule has 0 saturated carbocycles. The molecule has 0 aromatic carbocycles. The first-order valence-corrected chi connectivity index (χ1v) is 12.9. The van der Waals surface area contributed by atoms with E-state index >= 15 is 0 Å². The van der Waals surface area contributed by atoms with Crippen LogP contribution in [0, 0.1) is 0 Å². The highest BCUT2D eigenvalue weighted by molar-refractivity contribution is 7.85. The Bertz CT molecular complexity index is 698. The third-order valence-electron chi connectivity index (χ3n) is 5.00. The molecule has 2 unspecified atom stereocenters. The molecule has 0 amide bonds. The minimum absolute atomic E-state index is 0.189. The van der Waals surface area contributed by atoms with Crippen LogP contribution in [0.1, 0.15) is 59.8 Å². The van der Waals surface area contributed by atoms with Gasteiger partial charge in [0.15, 0.2) is 0 Å². The summed E-state index contributed by atoms with van der Waals surface area (Å²) in [4.78, 5) is 0. The van der Waals surface area contributed by atoms with E-state index < -0.39 is 21.6 Å². The van der Waals surface area contributed by atoms with Gasteiger partial charge in [0, 0.05) is 44.6 Å². The van der Waals surface area contributed by atoms with E-state index in [1.807, 2.05) is 0 Å². The lowest BCUT2D eigenvalue weighted by atomic mass is 10.00. The largest absolute Gasteiger partial charge is 0.260 e. The first kappa shape index (κ1) is 23.7. The lowest BCUT2D eigenvalue weighted by Gasteiger charge is -2.23. The number of nitrogens with zero attached hydrogens (tertiary/aromatic N) is 8. The van der Waals surface area contributed by atoms with Gasteiger partial charge in [-0.25, -0.2) is 9.36 Å². The lowest BCUT2D eigenvalue weighted by Crippen LogP contribution is -2.27. The Hall–Kier alpha value is -1.56. The molecule has 164 valence electrons. The molecule has 0 aliphatic carbocycles. The summed E-state index contributed by atoms with van der Waals surface area (Å²) < 4.78 is 27.9. The zero-order chi connectivity index (χ0) is 21.3. The molecule has 0 saturated heterocycles. The Kier molecular flexibility index (Phi) is 9.00. The molecule has 2 atom stereocenters. The second kappa shape index (κ2) is 11.0. The summed E-state index contributed by atoms with van der Waals surface area (Å²) in [7, 11) is -1.76. The predicted molar refractivity (Wildman–Crippen MR) is 113 cm³/mol. The van der Waals surface area contributed by atoms with E-state index in [2.05, 4.69) is 58.7 Å². The molecule has 2 aromatic heterocycles. The molecule has 0 fully saturated rings. The van der Waals surface area contributed by atoms with Crippen molar-refractivity contribution in [2.24, 2.45) is 0 Å². The van der Waals surface area contributed by atoms with Crippen molar-refractivity contribution in [2.45, 2.75) is 70.9 Å². The van der Waals surface area contributed by atoms with E-state index in [0.717, 1.165) is 32.1 Å². The van der Waals surface area contributed by atoms with E-state index in [-0.39, 0.29) is 11.1 Å². The Morgan fingerprint density at radius 2 is 1.07 bits per heavy atom. The molecule has 0 aliphatic heterocycles. The maximum atomic E-state index is 12.2. The van der Waals surface area contributed by atoms with E-state index in [1.54, 1.807) is 22.0 Å². The van der Waals surface area contributed by atoms with Crippen molar-refractivity contribution in [1.29, 1.82) is 0 Å². The van der Waals surface area contributed by atoms with Crippen molar-refractivity contribution < 1.29 is 8.42 Å². The van der Waals surface area contributed by atoms with Gasteiger partial charge in [0.25, 0.3) is 0 Å². The summed E-state index contributed by atoms with van der Waals surface area (Å²) >= 11 is 0. The van der Waals surface area contributed by atoms with Crippen molar-refractivity contribution in [1.82, 2.24) is 40.4 Å². The minimum atomic E-state index is -0.879. The number of hydrogen-bond donors (Lipinski definition) is 0. The van der Waals surface area contributed by atoms with Crippen LogP contribution in [0.4, 0.5) is 0 Å². The number of hydrogen-bond acceptors (Lipinski definition) is 8. The van der Waals surface area contributed by atoms with Crippen molar-refractivity contribution in [3.8, 4) is 0 Å². The van der Waals surface area contributed by atoms with Crippen LogP contribution in [0.3, 0.4) is 0 Å². The fraction of sp³-hybridized carbons (Fsp3) is 0.882. The van der Waals surface area contributed by atoms with Gasteiger partial charge >= 0.3 is 0 Å². The molecule has 2 aromatic rings. The van der Waals surface area contributed by atoms with Crippen LogP contribution in [-0.2, 0) is 32.7 Å². The monoisotopic (exact) mass is 444 g/mol. The van der Waals surface area contributed by atoms with E-state index in [0.29, 0.717) is 23.0 Å². The standard InChI is InChI=1S/C17H32N8O2S2/c1-16(2,24-14-18-20-22-24)8-5-10-28(26)12-7-13-29(27)11-6-9-17(3,4)25-15-19-21-23-25/h14-15H,5-13H2,1-4H3. The smallest absolute Gasteiger partial charge is 0.138 e. The zero-order valence-corrected chi connectivity index (χ0v) is 19.4. The zero-order valence-electron chi connectivity index (χ0n) is 17.7. The number of tetrazole rings is 2. The van der Waals surface area contributed by atoms with Gasteiger partial charge in [0.1, 0.15) is 12.7 Å². The Balaban J connectivity index is 1.56. The van der Waals surface area contributed by atoms with Crippen LogP contribution in [0.25, 0.3) is 0 Å². The molecule has 0 bridgehead atoms. The van der Waals surface area contributed by atoms with Crippen LogP contribution < -0.4 is 0 Å². The molecule has 0 radical (unpaired) electrons.